The summed E-state index contributed by atoms with van der Waals surface area (Å²) in [4.78, 5) is 23.7. The molecule has 0 aliphatic carbocycles. The fraction of sp³-hybridized carbons (Fsp3) is 0.167. The first-order valence-electron chi connectivity index (χ1n) is 7.53. The molecule has 0 saturated heterocycles. The first-order valence-corrected chi connectivity index (χ1v) is 7.53. The number of fused-ring (bicyclic) bond motifs is 1. The Morgan fingerprint density at radius 3 is 2.84 bits per heavy atom. The lowest BCUT2D eigenvalue weighted by molar-refractivity contribution is -0.152. The van der Waals surface area contributed by atoms with Gasteiger partial charge in [-0.05, 0) is 13.0 Å². The summed E-state index contributed by atoms with van der Waals surface area (Å²) in [7, 11) is 1.49. The standard InChI is InChI=1S/C18H15N3O4/c1-11-7-16(25-18(11)23)24-10-15(17(22)20-2)21-9-12(8-19)13-5-3-4-6-14(13)21/h3-7,9-10,16H,1-2H3,(H,20,22)/b15-10-. The lowest BCUT2D eigenvalue weighted by Gasteiger charge is -2.12. The summed E-state index contributed by atoms with van der Waals surface area (Å²) in [5.74, 6) is -0.867. The molecule has 1 aliphatic heterocycles. The highest BCUT2D eigenvalue weighted by Crippen LogP contribution is 2.24. The van der Waals surface area contributed by atoms with E-state index in [0.29, 0.717) is 16.7 Å². The van der Waals surface area contributed by atoms with Gasteiger partial charge in [0.2, 0.25) is 0 Å². The maximum absolute atomic E-state index is 12.3. The van der Waals surface area contributed by atoms with Crippen molar-refractivity contribution in [1.82, 2.24) is 9.88 Å². The fourth-order valence-corrected chi connectivity index (χ4v) is 2.52. The van der Waals surface area contributed by atoms with Crippen LogP contribution in [0.5, 0.6) is 0 Å². The molecule has 1 aromatic heterocycles. The van der Waals surface area contributed by atoms with Gasteiger partial charge in [0.1, 0.15) is 18.0 Å². The summed E-state index contributed by atoms with van der Waals surface area (Å²) in [6.45, 7) is 1.62. The molecule has 2 heterocycles. The number of nitrogens with zero attached hydrogens (tertiary/aromatic N) is 2. The molecule has 2 aromatic rings. The summed E-state index contributed by atoms with van der Waals surface area (Å²) in [5.41, 5.74) is 1.73. The predicted molar refractivity (Wildman–Crippen MR) is 89.7 cm³/mol. The van der Waals surface area contributed by atoms with E-state index in [2.05, 4.69) is 11.4 Å². The first kappa shape index (κ1) is 16.3. The minimum atomic E-state index is -0.885. The molecule has 1 aromatic carbocycles. The lowest BCUT2D eigenvalue weighted by atomic mass is 10.2. The molecule has 0 radical (unpaired) electrons. The molecular weight excluding hydrogens is 322 g/mol. The van der Waals surface area contributed by atoms with E-state index < -0.39 is 18.2 Å². The third kappa shape index (κ3) is 2.97. The van der Waals surface area contributed by atoms with Crippen LogP contribution in [0.2, 0.25) is 0 Å². The summed E-state index contributed by atoms with van der Waals surface area (Å²) < 4.78 is 12.0. The van der Waals surface area contributed by atoms with Gasteiger partial charge in [-0.15, -0.1) is 0 Å². The topological polar surface area (TPSA) is 93.3 Å². The molecule has 1 N–H and O–H groups in total. The number of carbonyl (C=O) groups excluding carboxylic acids is 2. The lowest BCUT2D eigenvalue weighted by Crippen LogP contribution is -2.23. The van der Waals surface area contributed by atoms with Crippen molar-refractivity contribution in [2.24, 2.45) is 0 Å². The van der Waals surface area contributed by atoms with Gasteiger partial charge in [0.15, 0.2) is 0 Å². The van der Waals surface area contributed by atoms with Crippen LogP contribution in [-0.2, 0) is 19.1 Å². The average Bonchev–Trinajstić information content (AvgIpc) is 3.15. The second-order valence-corrected chi connectivity index (χ2v) is 5.38. The molecule has 1 amide bonds. The molecular formula is C18H15N3O4. The van der Waals surface area contributed by atoms with E-state index in [1.165, 1.54) is 19.4 Å². The largest absolute Gasteiger partial charge is 0.456 e. The molecule has 7 nitrogen and oxygen atoms in total. The van der Waals surface area contributed by atoms with Gasteiger partial charge in [0, 0.05) is 30.3 Å². The van der Waals surface area contributed by atoms with Crippen LogP contribution in [0.4, 0.5) is 0 Å². The van der Waals surface area contributed by atoms with Crippen LogP contribution in [-0.4, -0.2) is 29.8 Å². The maximum atomic E-state index is 12.3. The minimum Gasteiger partial charge on any atom is -0.456 e. The van der Waals surface area contributed by atoms with Gasteiger partial charge >= 0.3 is 5.97 Å². The van der Waals surface area contributed by atoms with Gasteiger partial charge in [-0.25, -0.2) is 4.79 Å². The zero-order chi connectivity index (χ0) is 18.0. The average molecular weight is 337 g/mol. The van der Waals surface area contributed by atoms with E-state index in [1.54, 1.807) is 29.8 Å². The van der Waals surface area contributed by atoms with Crippen molar-refractivity contribution in [3.8, 4) is 6.07 Å². The maximum Gasteiger partial charge on any atom is 0.336 e. The number of benzene rings is 1. The van der Waals surface area contributed by atoms with Crippen LogP contribution in [0, 0.1) is 11.3 Å². The van der Waals surface area contributed by atoms with Crippen molar-refractivity contribution in [2.45, 2.75) is 13.2 Å². The summed E-state index contributed by atoms with van der Waals surface area (Å²) in [6, 6.07) is 9.34. The number of rotatable bonds is 4. The van der Waals surface area contributed by atoms with Crippen LogP contribution in [0.15, 0.2) is 48.4 Å². The zero-order valence-corrected chi connectivity index (χ0v) is 13.6. The molecule has 7 heteroatoms. The number of esters is 1. The molecule has 1 unspecified atom stereocenters. The number of para-hydroxylation sites is 1. The Bertz CT molecular complexity index is 962. The SMILES string of the molecule is CNC(=O)/C(=C/OC1C=C(C)C(=O)O1)n1cc(C#N)c2ccccc21. The van der Waals surface area contributed by atoms with E-state index in [4.69, 9.17) is 9.47 Å². The number of nitrogens with one attached hydrogen (secondary N) is 1. The van der Waals surface area contributed by atoms with Crippen LogP contribution in [0.25, 0.3) is 16.6 Å². The fourth-order valence-electron chi connectivity index (χ4n) is 2.52. The highest BCUT2D eigenvalue weighted by atomic mass is 16.7. The number of hydrogen-bond donors (Lipinski definition) is 1. The number of amides is 1. The highest BCUT2D eigenvalue weighted by molar-refractivity contribution is 6.15. The molecule has 0 fully saturated rings. The van der Waals surface area contributed by atoms with E-state index in [0.717, 1.165) is 5.39 Å². The Morgan fingerprint density at radius 2 is 2.20 bits per heavy atom. The number of ether oxygens (including phenoxy) is 2. The molecule has 3 rings (SSSR count). The van der Waals surface area contributed by atoms with Crippen molar-refractivity contribution >= 4 is 28.5 Å². The molecule has 1 atom stereocenters. The van der Waals surface area contributed by atoms with Gasteiger partial charge in [-0.2, -0.15) is 5.26 Å². The monoisotopic (exact) mass is 337 g/mol. The Kier molecular flexibility index (Phi) is 4.27. The Morgan fingerprint density at radius 1 is 1.44 bits per heavy atom. The molecule has 25 heavy (non-hydrogen) atoms. The van der Waals surface area contributed by atoms with Crippen LogP contribution < -0.4 is 5.32 Å². The van der Waals surface area contributed by atoms with Gasteiger partial charge in [-0.3, -0.25) is 4.79 Å². The highest BCUT2D eigenvalue weighted by Gasteiger charge is 2.23. The van der Waals surface area contributed by atoms with Crippen LogP contribution >= 0.6 is 0 Å². The van der Waals surface area contributed by atoms with Crippen molar-refractivity contribution in [3.05, 3.63) is 53.9 Å². The number of carbonyl (C=O) groups is 2. The van der Waals surface area contributed by atoms with Gasteiger partial charge in [0.05, 0.1) is 11.1 Å². The third-order valence-corrected chi connectivity index (χ3v) is 3.80. The smallest absolute Gasteiger partial charge is 0.336 e. The molecule has 0 bridgehead atoms. The summed E-state index contributed by atoms with van der Waals surface area (Å²) in [6.07, 6.45) is 3.43. The molecule has 0 spiro atoms. The number of aromatic nitrogens is 1. The van der Waals surface area contributed by atoms with Crippen molar-refractivity contribution in [2.75, 3.05) is 7.05 Å². The van der Waals surface area contributed by atoms with Gasteiger partial charge < -0.3 is 19.4 Å². The number of hydrogen-bond acceptors (Lipinski definition) is 5. The summed E-state index contributed by atoms with van der Waals surface area (Å²) in [5, 5.41) is 12.6. The Balaban J connectivity index is 2.03. The van der Waals surface area contributed by atoms with Gasteiger partial charge in [-0.1, -0.05) is 18.2 Å². The van der Waals surface area contributed by atoms with Crippen molar-refractivity contribution in [1.29, 1.82) is 5.26 Å². The van der Waals surface area contributed by atoms with E-state index >= 15 is 0 Å². The molecule has 0 saturated carbocycles. The third-order valence-electron chi connectivity index (χ3n) is 3.80. The number of cyclic esters (lactones) is 1. The zero-order valence-electron chi connectivity index (χ0n) is 13.6. The van der Waals surface area contributed by atoms with Crippen LogP contribution in [0.3, 0.4) is 0 Å². The normalized spacial score (nSPS) is 17.0. The van der Waals surface area contributed by atoms with Gasteiger partial charge in [0.25, 0.3) is 12.2 Å². The minimum absolute atomic E-state index is 0.161. The second-order valence-electron chi connectivity index (χ2n) is 5.38. The van der Waals surface area contributed by atoms with E-state index in [-0.39, 0.29) is 5.70 Å². The van der Waals surface area contributed by atoms with E-state index in [1.807, 2.05) is 12.1 Å². The molecule has 126 valence electrons. The summed E-state index contributed by atoms with van der Waals surface area (Å²) >= 11 is 0. The van der Waals surface area contributed by atoms with Crippen molar-refractivity contribution < 1.29 is 19.1 Å². The van der Waals surface area contributed by atoms with Crippen molar-refractivity contribution in [3.63, 3.8) is 0 Å². The van der Waals surface area contributed by atoms with E-state index in [9.17, 15) is 14.9 Å². The predicted octanol–water partition coefficient (Wildman–Crippen LogP) is 1.90. The first-order chi connectivity index (χ1) is 12.0. The number of likely N-dealkylation sites (N-methyl/N-ethyl adjacent to an activating group) is 1. The number of nitriles is 1. The molecule has 1 aliphatic rings. The quantitative estimate of drug-likeness (QED) is 0.522. The Hall–Kier alpha value is -3.53. The second kappa shape index (κ2) is 6.53. The Labute approximate surface area is 143 Å². The van der Waals surface area contributed by atoms with Crippen LogP contribution in [0.1, 0.15) is 12.5 Å².